The Morgan fingerprint density at radius 2 is 2.18 bits per heavy atom. The lowest BCUT2D eigenvalue weighted by Crippen LogP contribution is -2.35. The van der Waals surface area contributed by atoms with Gasteiger partial charge in [-0.2, -0.15) is 0 Å². The normalized spacial score (nSPS) is 31.4. The Hall–Kier alpha value is -1.26. The standard InChI is InChI=1S/C12H19NO4/c1-2-17-12(16)13-7-9-5-10(13)4-3-8(9)6-11(14)15/h8-10H,2-7H2,1H3,(H,14,15). The largest absolute Gasteiger partial charge is 0.481 e. The summed E-state index contributed by atoms with van der Waals surface area (Å²) in [4.78, 5) is 24.2. The van der Waals surface area contributed by atoms with Gasteiger partial charge in [0.1, 0.15) is 0 Å². The fourth-order valence-corrected chi connectivity index (χ4v) is 3.13. The molecular weight excluding hydrogens is 222 g/mol. The summed E-state index contributed by atoms with van der Waals surface area (Å²) in [6, 6.07) is 0.268. The van der Waals surface area contributed by atoms with Crippen molar-refractivity contribution < 1.29 is 19.4 Å². The van der Waals surface area contributed by atoms with Crippen LogP contribution in [-0.4, -0.2) is 41.3 Å². The lowest BCUT2D eigenvalue weighted by molar-refractivity contribution is -0.138. The van der Waals surface area contributed by atoms with E-state index in [0.717, 1.165) is 19.3 Å². The number of fused-ring (bicyclic) bond motifs is 2. The van der Waals surface area contributed by atoms with Gasteiger partial charge in [-0.3, -0.25) is 4.79 Å². The minimum Gasteiger partial charge on any atom is -0.481 e. The fourth-order valence-electron chi connectivity index (χ4n) is 3.13. The highest BCUT2D eigenvalue weighted by atomic mass is 16.6. The highest BCUT2D eigenvalue weighted by Crippen LogP contribution is 2.41. The number of hydrogen-bond donors (Lipinski definition) is 1. The smallest absolute Gasteiger partial charge is 0.410 e. The van der Waals surface area contributed by atoms with E-state index in [1.807, 2.05) is 0 Å². The number of aliphatic carboxylic acids is 1. The van der Waals surface area contributed by atoms with E-state index in [4.69, 9.17) is 9.84 Å². The second-order valence-electron chi connectivity index (χ2n) is 4.94. The summed E-state index contributed by atoms with van der Waals surface area (Å²) >= 11 is 0. The molecule has 5 nitrogen and oxygen atoms in total. The molecule has 1 amide bonds. The molecule has 0 aromatic heterocycles. The fraction of sp³-hybridized carbons (Fsp3) is 0.833. The van der Waals surface area contributed by atoms with Crippen molar-refractivity contribution >= 4 is 12.1 Å². The molecule has 2 bridgehead atoms. The van der Waals surface area contributed by atoms with Crippen LogP contribution in [0.2, 0.25) is 0 Å². The van der Waals surface area contributed by atoms with E-state index in [9.17, 15) is 9.59 Å². The Morgan fingerprint density at radius 1 is 1.41 bits per heavy atom. The van der Waals surface area contributed by atoms with Gasteiger partial charge in [-0.25, -0.2) is 4.79 Å². The van der Waals surface area contributed by atoms with Crippen molar-refractivity contribution in [2.24, 2.45) is 11.8 Å². The number of carboxylic acid groups (broad SMARTS) is 1. The van der Waals surface area contributed by atoms with E-state index in [2.05, 4.69) is 0 Å². The number of rotatable bonds is 3. The van der Waals surface area contributed by atoms with Gasteiger partial charge in [0.15, 0.2) is 0 Å². The van der Waals surface area contributed by atoms with Crippen molar-refractivity contribution in [3.8, 4) is 0 Å². The molecule has 2 fully saturated rings. The minimum atomic E-state index is -0.733. The predicted octanol–water partition coefficient (Wildman–Crippen LogP) is 1.72. The monoisotopic (exact) mass is 241 g/mol. The van der Waals surface area contributed by atoms with Gasteiger partial charge in [-0.1, -0.05) is 0 Å². The van der Waals surface area contributed by atoms with Crippen LogP contribution in [0.15, 0.2) is 0 Å². The lowest BCUT2D eigenvalue weighted by Gasteiger charge is -2.27. The summed E-state index contributed by atoms with van der Waals surface area (Å²) in [5.41, 5.74) is 0. The lowest BCUT2D eigenvalue weighted by atomic mass is 9.78. The summed E-state index contributed by atoms with van der Waals surface area (Å²) in [7, 11) is 0. The van der Waals surface area contributed by atoms with Crippen LogP contribution in [0, 0.1) is 11.8 Å². The van der Waals surface area contributed by atoms with Crippen LogP contribution in [0.4, 0.5) is 4.79 Å². The topological polar surface area (TPSA) is 66.8 Å². The molecule has 2 rings (SSSR count). The number of amides is 1. The van der Waals surface area contributed by atoms with Gasteiger partial charge in [0.05, 0.1) is 6.61 Å². The molecule has 1 saturated heterocycles. The summed E-state index contributed by atoms with van der Waals surface area (Å²) in [5.74, 6) is -0.166. The van der Waals surface area contributed by atoms with Crippen molar-refractivity contribution in [3.05, 3.63) is 0 Å². The third kappa shape index (κ3) is 2.53. The zero-order chi connectivity index (χ0) is 12.4. The number of carbonyl (C=O) groups is 2. The Morgan fingerprint density at radius 3 is 2.82 bits per heavy atom. The molecule has 1 aliphatic heterocycles. The van der Waals surface area contributed by atoms with E-state index in [1.165, 1.54) is 0 Å². The first-order valence-electron chi connectivity index (χ1n) is 6.27. The van der Waals surface area contributed by atoms with Crippen LogP contribution in [0.3, 0.4) is 0 Å². The first-order chi connectivity index (χ1) is 8.11. The molecule has 96 valence electrons. The molecule has 0 aromatic rings. The van der Waals surface area contributed by atoms with E-state index in [-0.39, 0.29) is 24.5 Å². The van der Waals surface area contributed by atoms with Crippen LogP contribution in [-0.2, 0) is 9.53 Å². The maximum absolute atomic E-state index is 11.7. The molecule has 1 N–H and O–H groups in total. The quantitative estimate of drug-likeness (QED) is 0.817. The second-order valence-corrected chi connectivity index (χ2v) is 4.94. The Kier molecular flexibility index (Phi) is 3.54. The van der Waals surface area contributed by atoms with Crippen molar-refractivity contribution in [2.75, 3.05) is 13.2 Å². The summed E-state index contributed by atoms with van der Waals surface area (Å²) in [6.45, 7) is 2.86. The molecular formula is C12H19NO4. The number of hydrogen-bond acceptors (Lipinski definition) is 3. The molecule has 17 heavy (non-hydrogen) atoms. The average molecular weight is 241 g/mol. The number of nitrogens with zero attached hydrogens (tertiary/aromatic N) is 1. The van der Waals surface area contributed by atoms with Crippen LogP contribution in [0.25, 0.3) is 0 Å². The molecule has 1 heterocycles. The number of likely N-dealkylation sites (tertiary alicyclic amines) is 1. The van der Waals surface area contributed by atoms with E-state index < -0.39 is 5.97 Å². The van der Waals surface area contributed by atoms with E-state index in [1.54, 1.807) is 11.8 Å². The maximum Gasteiger partial charge on any atom is 0.410 e. The van der Waals surface area contributed by atoms with E-state index in [0.29, 0.717) is 19.1 Å². The van der Waals surface area contributed by atoms with Crippen molar-refractivity contribution in [1.29, 1.82) is 0 Å². The molecule has 0 spiro atoms. The highest BCUT2D eigenvalue weighted by molar-refractivity contribution is 5.69. The minimum absolute atomic E-state index is 0.225. The number of ether oxygens (including phenoxy) is 1. The zero-order valence-electron chi connectivity index (χ0n) is 10.1. The van der Waals surface area contributed by atoms with Crippen LogP contribution >= 0.6 is 0 Å². The Bertz CT molecular complexity index is 318. The summed E-state index contributed by atoms with van der Waals surface area (Å²) in [6.07, 6.45) is 2.76. The Balaban J connectivity index is 1.96. The summed E-state index contributed by atoms with van der Waals surface area (Å²) < 4.78 is 5.02. The third-order valence-electron chi connectivity index (χ3n) is 3.92. The second kappa shape index (κ2) is 4.94. The van der Waals surface area contributed by atoms with Gasteiger partial charge in [-0.05, 0) is 38.0 Å². The van der Waals surface area contributed by atoms with Gasteiger partial charge in [0, 0.05) is 19.0 Å². The van der Waals surface area contributed by atoms with Crippen molar-refractivity contribution in [3.63, 3.8) is 0 Å². The number of carbonyl (C=O) groups excluding carboxylic acids is 1. The molecule has 0 radical (unpaired) electrons. The van der Waals surface area contributed by atoms with Gasteiger partial charge >= 0.3 is 12.1 Å². The number of carboxylic acids is 1. The van der Waals surface area contributed by atoms with E-state index >= 15 is 0 Å². The zero-order valence-corrected chi connectivity index (χ0v) is 10.1. The molecule has 3 unspecified atom stereocenters. The first-order valence-corrected chi connectivity index (χ1v) is 6.27. The van der Waals surface area contributed by atoms with Crippen molar-refractivity contribution in [1.82, 2.24) is 4.90 Å². The molecule has 3 atom stereocenters. The predicted molar refractivity (Wildman–Crippen MR) is 60.6 cm³/mol. The van der Waals surface area contributed by atoms with Gasteiger partial charge in [0.2, 0.25) is 0 Å². The highest BCUT2D eigenvalue weighted by Gasteiger charge is 2.43. The maximum atomic E-state index is 11.7. The SMILES string of the molecule is CCOC(=O)N1CC2CC1CCC2CC(=O)O. The summed E-state index contributed by atoms with van der Waals surface area (Å²) in [5, 5.41) is 8.85. The molecule has 2 aliphatic rings. The first kappa shape index (κ1) is 12.2. The molecule has 1 aliphatic carbocycles. The van der Waals surface area contributed by atoms with Crippen molar-refractivity contribution in [2.45, 2.75) is 38.6 Å². The molecule has 5 heteroatoms. The van der Waals surface area contributed by atoms with Gasteiger partial charge in [0.25, 0.3) is 0 Å². The average Bonchev–Trinajstić information content (AvgIpc) is 2.61. The van der Waals surface area contributed by atoms with Gasteiger partial charge in [-0.15, -0.1) is 0 Å². The molecule has 0 aromatic carbocycles. The molecule has 1 saturated carbocycles. The van der Waals surface area contributed by atoms with Crippen LogP contribution in [0.5, 0.6) is 0 Å². The Labute approximate surface area is 101 Å². The third-order valence-corrected chi connectivity index (χ3v) is 3.92. The van der Waals surface area contributed by atoms with Crippen LogP contribution in [0.1, 0.15) is 32.6 Å². The van der Waals surface area contributed by atoms with Gasteiger partial charge < -0.3 is 14.7 Å². The van der Waals surface area contributed by atoms with Crippen LogP contribution < -0.4 is 0 Å².